The maximum absolute atomic E-state index is 9.97. The molecule has 10 N–H and O–H groups in total. The second-order valence-corrected chi connectivity index (χ2v) is 3.90. The summed E-state index contributed by atoms with van der Waals surface area (Å²) >= 11 is 0. The molecule has 1 atom stereocenters. The highest BCUT2D eigenvalue weighted by Gasteiger charge is 2.15. The van der Waals surface area contributed by atoms with E-state index in [4.69, 9.17) is 46.0 Å². The van der Waals surface area contributed by atoms with E-state index >= 15 is 0 Å². The minimum atomic E-state index is -1.71. The van der Waals surface area contributed by atoms with Crippen molar-refractivity contribution >= 4 is 47.9 Å². The van der Waals surface area contributed by atoms with E-state index in [9.17, 15) is 28.8 Å². The molecular weight excluding hydrogens is 396 g/mol. The van der Waals surface area contributed by atoms with E-state index in [1.165, 1.54) is 0 Å². The molecule has 0 bridgehead atoms. The van der Waals surface area contributed by atoms with Crippen molar-refractivity contribution in [3.05, 3.63) is 0 Å². The van der Waals surface area contributed by atoms with E-state index in [0.717, 1.165) is 0 Å². The monoisotopic (exact) mass is 414 g/mol. The number of carbonyl (C=O) groups excluding carboxylic acids is 2. The SMILES string of the molecule is NCC(=O)O.N[C@H](CC(=O)O)C(=O)O.O=C(O)CC(=O)C(=O)O.O=CC(=O)O. The molecule has 0 aromatic carbocycles. The fraction of sp³-hybridized carbons (Fsp3) is 0.333. The lowest BCUT2D eigenvalue weighted by Gasteiger charge is -1.99. The zero-order chi connectivity index (χ0) is 23.4. The Labute approximate surface area is 155 Å². The van der Waals surface area contributed by atoms with Gasteiger partial charge in [-0.3, -0.25) is 28.8 Å². The fourth-order valence-electron chi connectivity index (χ4n) is 0.488. The average molecular weight is 414 g/mol. The van der Waals surface area contributed by atoms with Gasteiger partial charge in [0, 0.05) is 0 Å². The molecule has 0 rings (SSSR count). The van der Waals surface area contributed by atoms with Gasteiger partial charge in [0.15, 0.2) is 0 Å². The second kappa shape index (κ2) is 19.4. The van der Waals surface area contributed by atoms with Crippen LogP contribution in [0.1, 0.15) is 12.8 Å². The van der Waals surface area contributed by atoms with Gasteiger partial charge >= 0.3 is 35.8 Å². The van der Waals surface area contributed by atoms with Crippen LogP contribution in [0.5, 0.6) is 0 Å². The number of carbonyl (C=O) groups is 8. The molecule has 0 aromatic rings. The van der Waals surface area contributed by atoms with Crippen molar-refractivity contribution in [3.8, 4) is 0 Å². The normalized spacial score (nSPS) is 9.21. The highest BCUT2D eigenvalue weighted by atomic mass is 16.4. The molecule has 0 aliphatic heterocycles. The summed E-state index contributed by atoms with van der Waals surface area (Å²) in [6, 6.07) is -1.29. The van der Waals surface area contributed by atoms with E-state index in [-0.39, 0.29) is 12.8 Å². The third-order valence-corrected chi connectivity index (χ3v) is 1.54. The van der Waals surface area contributed by atoms with Crippen LogP contribution in [-0.2, 0) is 38.4 Å². The van der Waals surface area contributed by atoms with Gasteiger partial charge < -0.3 is 42.1 Å². The molecule has 160 valence electrons. The lowest BCUT2D eigenvalue weighted by molar-refractivity contribution is -0.152. The van der Waals surface area contributed by atoms with Crippen molar-refractivity contribution in [2.75, 3.05) is 6.54 Å². The summed E-state index contributed by atoms with van der Waals surface area (Å²) in [5.41, 5.74) is 9.41. The Bertz CT molecular complexity index is 585. The van der Waals surface area contributed by atoms with Crippen LogP contribution in [0.2, 0.25) is 0 Å². The average Bonchev–Trinajstić information content (AvgIpc) is 2.55. The molecule has 0 saturated carbocycles. The molecule has 0 amide bonds. The summed E-state index contributed by atoms with van der Waals surface area (Å²) in [7, 11) is 0. The highest BCUT2D eigenvalue weighted by molar-refractivity contribution is 6.35. The first-order valence-electron chi connectivity index (χ1n) is 6.40. The molecule has 0 aromatic heterocycles. The number of nitrogens with two attached hydrogens (primary N) is 2. The molecule has 0 fully saturated rings. The van der Waals surface area contributed by atoms with Crippen LogP contribution >= 0.6 is 0 Å². The summed E-state index contributed by atoms with van der Waals surface area (Å²) in [5.74, 6) is -9.33. The molecule has 0 aliphatic rings. The Morgan fingerprint density at radius 1 is 0.786 bits per heavy atom. The standard InChI is InChI=1S/C4H7NO4.C4H4O5.C2H5NO2.C2H2O3/c2*5-2(4(8)9)1-3(6)7;2*3-1-2(4)5/h2H,1,5H2,(H,6,7)(H,8,9);1H2,(H,6,7)(H,8,9);1,3H2,(H,4,5);1H,(H,4,5)/t2-;;;/m1.../s1. The first-order chi connectivity index (χ1) is 12.6. The van der Waals surface area contributed by atoms with Crippen LogP contribution in [0.4, 0.5) is 0 Å². The summed E-state index contributed by atoms with van der Waals surface area (Å²) in [5, 5.41) is 46.6. The number of ketones is 1. The number of carboxylic acids is 6. The molecular formula is C12H18N2O14. The van der Waals surface area contributed by atoms with Crippen LogP contribution in [0.3, 0.4) is 0 Å². The Kier molecular flexibility index (Phi) is 22.0. The minimum Gasteiger partial charge on any atom is -0.481 e. The van der Waals surface area contributed by atoms with Gasteiger partial charge in [-0.25, -0.2) is 9.59 Å². The molecule has 16 nitrogen and oxygen atoms in total. The molecule has 0 radical (unpaired) electrons. The maximum Gasteiger partial charge on any atom is 0.372 e. The zero-order valence-electron chi connectivity index (χ0n) is 13.9. The third kappa shape index (κ3) is 37.9. The molecule has 0 saturated heterocycles. The summed E-state index contributed by atoms with van der Waals surface area (Å²) in [6.45, 7) is -0.278. The molecule has 0 spiro atoms. The predicted molar refractivity (Wildman–Crippen MR) is 83.1 cm³/mol. The van der Waals surface area contributed by atoms with Crippen LogP contribution in [0.25, 0.3) is 0 Å². The van der Waals surface area contributed by atoms with E-state index in [0.29, 0.717) is 0 Å². The quantitative estimate of drug-likeness (QED) is 0.107. The van der Waals surface area contributed by atoms with Crippen molar-refractivity contribution < 1.29 is 69.0 Å². The van der Waals surface area contributed by atoms with E-state index in [1.54, 1.807) is 0 Å². The van der Waals surface area contributed by atoms with Gasteiger partial charge in [-0.05, 0) is 0 Å². The van der Waals surface area contributed by atoms with Gasteiger partial charge in [-0.1, -0.05) is 0 Å². The van der Waals surface area contributed by atoms with Gasteiger partial charge in [0.25, 0.3) is 5.78 Å². The molecule has 0 aliphatic carbocycles. The number of hydrogen-bond acceptors (Lipinski definition) is 10. The van der Waals surface area contributed by atoms with Gasteiger partial charge in [0.05, 0.1) is 13.0 Å². The van der Waals surface area contributed by atoms with Crippen LogP contribution in [0, 0.1) is 0 Å². The zero-order valence-corrected chi connectivity index (χ0v) is 13.9. The van der Waals surface area contributed by atoms with Crippen molar-refractivity contribution in [2.45, 2.75) is 18.9 Å². The summed E-state index contributed by atoms with van der Waals surface area (Å²) in [4.78, 5) is 76.0. The first kappa shape index (κ1) is 31.8. The van der Waals surface area contributed by atoms with E-state index in [2.05, 4.69) is 5.73 Å². The molecule has 0 unspecified atom stereocenters. The number of carboxylic acid groups (broad SMARTS) is 6. The Morgan fingerprint density at radius 3 is 1.21 bits per heavy atom. The Hall–Kier alpha value is -3.92. The third-order valence-electron chi connectivity index (χ3n) is 1.54. The van der Waals surface area contributed by atoms with Crippen LogP contribution in [0.15, 0.2) is 0 Å². The number of rotatable bonds is 8. The number of Topliss-reactive ketones (excluding diaryl/α,β-unsaturated/α-hetero) is 1. The first-order valence-corrected chi connectivity index (χ1v) is 6.40. The van der Waals surface area contributed by atoms with Gasteiger partial charge in [0.1, 0.15) is 12.5 Å². The van der Waals surface area contributed by atoms with E-state index in [1.807, 2.05) is 0 Å². The number of hydrogen-bond donors (Lipinski definition) is 8. The smallest absolute Gasteiger partial charge is 0.372 e. The highest BCUT2D eigenvalue weighted by Crippen LogP contribution is 1.86. The van der Waals surface area contributed by atoms with Crippen LogP contribution < -0.4 is 11.5 Å². The Morgan fingerprint density at radius 2 is 1.14 bits per heavy atom. The van der Waals surface area contributed by atoms with Crippen LogP contribution in [-0.4, -0.2) is 91.1 Å². The van der Waals surface area contributed by atoms with Gasteiger partial charge in [-0.15, -0.1) is 0 Å². The fourth-order valence-corrected chi connectivity index (χ4v) is 0.488. The topological polar surface area (TPSA) is 310 Å². The summed E-state index contributed by atoms with van der Waals surface area (Å²) in [6.07, 6.45) is -1.65. The van der Waals surface area contributed by atoms with Crippen molar-refractivity contribution in [3.63, 3.8) is 0 Å². The summed E-state index contributed by atoms with van der Waals surface area (Å²) < 4.78 is 0. The molecule has 28 heavy (non-hydrogen) atoms. The van der Waals surface area contributed by atoms with Crippen molar-refractivity contribution in [1.82, 2.24) is 0 Å². The largest absolute Gasteiger partial charge is 0.481 e. The number of aliphatic carboxylic acids is 6. The van der Waals surface area contributed by atoms with Crippen molar-refractivity contribution in [1.29, 1.82) is 0 Å². The molecule has 0 heterocycles. The van der Waals surface area contributed by atoms with E-state index < -0.39 is 60.5 Å². The lowest BCUT2D eigenvalue weighted by atomic mass is 10.2. The van der Waals surface area contributed by atoms with Crippen molar-refractivity contribution in [2.24, 2.45) is 11.5 Å². The lowest BCUT2D eigenvalue weighted by Crippen LogP contribution is -2.32. The number of aldehydes is 1. The minimum absolute atomic E-state index is 0.167. The second-order valence-electron chi connectivity index (χ2n) is 3.90. The van der Waals surface area contributed by atoms with Gasteiger partial charge in [-0.2, -0.15) is 0 Å². The predicted octanol–water partition coefficient (Wildman–Crippen LogP) is -3.71. The maximum atomic E-state index is 9.97. The molecule has 16 heteroatoms. The Balaban J connectivity index is -0.000000143. The van der Waals surface area contributed by atoms with Gasteiger partial charge in [0.2, 0.25) is 6.29 Å².